The van der Waals surface area contributed by atoms with E-state index in [1.807, 2.05) is 43.3 Å². The van der Waals surface area contributed by atoms with E-state index in [0.29, 0.717) is 22.6 Å². The Kier molecular flexibility index (Phi) is 5.48. The fourth-order valence-corrected chi connectivity index (χ4v) is 6.99. The number of rotatable bonds is 5. The molecular formula is C20H20O3SSe. The average Bonchev–Trinajstić information content (AvgIpc) is 2.63. The zero-order valence-electron chi connectivity index (χ0n) is 14.2. The van der Waals surface area contributed by atoms with Crippen molar-refractivity contribution in [2.45, 2.75) is 24.7 Å². The third-order valence-electron chi connectivity index (χ3n) is 4.06. The maximum absolute atomic E-state index is 13.2. The zero-order chi connectivity index (χ0) is 17.9. The number of hydrogen-bond donors (Lipinski definition) is 0. The normalized spacial score (nSPS) is 15.0. The van der Waals surface area contributed by atoms with Crippen molar-refractivity contribution in [1.82, 2.24) is 0 Å². The molecule has 3 nitrogen and oxygen atoms in total. The molecule has 2 aromatic rings. The topological polar surface area (TPSA) is 43.4 Å². The summed E-state index contributed by atoms with van der Waals surface area (Å²) in [5.74, 6) is 0.721. The molecule has 130 valence electrons. The summed E-state index contributed by atoms with van der Waals surface area (Å²) in [6.45, 7) is 1.95. The first kappa shape index (κ1) is 18.0. The molecule has 0 atom stereocenters. The van der Waals surface area contributed by atoms with Gasteiger partial charge in [-0.25, -0.2) is 0 Å². The van der Waals surface area contributed by atoms with Crippen LogP contribution < -0.4 is 4.46 Å². The predicted molar refractivity (Wildman–Crippen MR) is 102 cm³/mol. The van der Waals surface area contributed by atoms with Gasteiger partial charge in [-0.2, -0.15) is 0 Å². The summed E-state index contributed by atoms with van der Waals surface area (Å²) in [6, 6.07) is 17.1. The number of aryl methyl sites for hydroxylation is 1. The van der Waals surface area contributed by atoms with Crippen molar-refractivity contribution in [2.24, 2.45) is 0 Å². The molecule has 0 radical (unpaired) electrons. The summed E-state index contributed by atoms with van der Waals surface area (Å²) in [5, 5.41) is 0. The second-order valence-corrected chi connectivity index (χ2v) is 10.3. The predicted octanol–water partition coefficient (Wildman–Crippen LogP) is 3.33. The molecule has 1 aliphatic carbocycles. The SMILES string of the molecule is COC1=CCC([Se]c2ccccc2)=C(S(=O)(=O)c2ccc(C)cc2)C1. The van der Waals surface area contributed by atoms with Crippen molar-refractivity contribution in [3.8, 4) is 0 Å². The van der Waals surface area contributed by atoms with E-state index in [9.17, 15) is 8.42 Å². The molecule has 0 saturated carbocycles. The Labute approximate surface area is 155 Å². The molecule has 0 N–H and O–H groups in total. The summed E-state index contributed by atoms with van der Waals surface area (Å²) >= 11 is -0.0237. The van der Waals surface area contributed by atoms with Crippen LogP contribution >= 0.6 is 0 Å². The number of ether oxygens (including phenoxy) is 1. The van der Waals surface area contributed by atoms with Crippen molar-refractivity contribution in [3.63, 3.8) is 0 Å². The second kappa shape index (κ2) is 7.61. The van der Waals surface area contributed by atoms with Crippen molar-refractivity contribution in [1.29, 1.82) is 0 Å². The molecule has 0 amide bonds. The molecule has 0 bridgehead atoms. The molecule has 25 heavy (non-hydrogen) atoms. The van der Waals surface area contributed by atoms with Crippen molar-refractivity contribution in [2.75, 3.05) is 7.11 Å². The van der Waals surface area contributed by atoms with E-state index in [0.717, 1.165) is 15.8 Å². The van der Waals surface area contributed by atoms with Crippen LogP contribution in [0.15, 0.2) is 80.7 Å². The van der Waals surface area contributed by atoms with Gasteiger partial charge in [-0.05, 0) is 0 Å². The quantitative estimate of drug-likeness (QED) is 0.699. The van der Waals surface area contributed by atoms with Gasteiger partial charge in [-0.3, -0.25) is 0 Å². The van der Waals surface area contributed by atoms with Gasteiger partial charge in [0, 0.05) is 0 Å². The van der Waals surface area contributed by atoms with Gasteiger partial charge in [0.1, 0.15) is 0 Å². The molecule has 0 spiro atoms. The fourth-order valence-electron chi connectivity index (χ4n) is 2.64. The summed E-state index contributed by atoms with van der Waals surface area (Å²) in [5.41, 5.74) is 1.04. The van der Waals surface area contributed by atoms with E-state index < -0.39 is 9.84 Å². The van der Waals surface area contributed by atoms with E-state index in [2.05, 4.69) is 12.1 Å². The third kappa shape index (κ3) is 4.06. The Morgan fingerprint density at radius 2 is 1.68 bits per heavy atom. The number of allylic oxidation sites excluding steroid dienone is 3. The molecule has 0 aromatic heterocycles. The molecule has 0 saturated heterocycles. The second-order valence-electron chi connectivity index (χ2n) is 5.83. The Balaban J connectivity index is 2.03. The van der Waals surface area contributed by atoms with E-state index in [-0.39, 0.29) is 15.0 Å². The fraction of sp³-hybridized carbons (Fsp3) is 0.200. The molecule has 0 aliphatic heterocycles. The van der Waals surface area contributed by atoms with Crippen LogP contribution in [0.25, 0.3) is 0 Å². The monoisotopic (exact) mass is 420 g/mol. The molecule has 2 aromatic carbocycles. The van der Waals surface area contributed by atoms with E-state index >= 15 is 0 Å². The number of benzene rings is 2. The van der Waals surface area contributed by atoms with Gasteiger partial charge >= 0.3 is 156 Å². The van der Waals surface area contributed by atoms with E-state index in [1.54, 1.807) is 19.2 Å². The zero-order valence-corrected chi connectivity index (χ0v) is 16.8. The molecule has 0 heterocycles. The van der Waals surface area contributed by atoms with Crippen molar-refractivity contribution in [3.05, 3.63) is 81.4 Å². The molecule has 0 fully saturated rings. The molecule has 3 rings (SSSR count). The average molecular weight is 419 g/mol. The van der Waals surface area contributed by atoms with Crippen molar-refractivity contribution < 1.29 is 13.2 Å². The van der Waals surface area contributed by atoms with Crippen molar-refractivity contribution >= 4 is 29.3 Å². The van der Waals surface area contributed by atoms with Crippen LogP contribution in [-0.4, -0.2) is 30.5 Å². The van der Waals surface area contributed by atoms with E-state index in [4.69, 9.17) is 4.74 Å². The van der Waals surface area contributed by atoms with Crippen LogP contribution in [0.3, 0.4) is 0 Å². The first-order chi connectivity index (χ1) is 12.0. The number of hydrogen-bond acceptors (Lipinski definition) is 3. The van der Waals surface area contributed by atoms with E-state index in [1.165, 1.54) is 4.46 Å². The molecular weight excluding hydrogens is 399 g/mol. The maximum atomic E-state index is 13.2. The minimum atomic E-state index is -3.52. The molecule has 1 aliphatic rings. The summed E-state index contributed by atoms with van der Waals surface area (Å²) in [7, 11) is -1.92. The molecule has 0 unspecified atom stereocenters. The Hall–Kier alpha value is -1.81. The van der Waals surface area contributed by atoms with Gasteiger partial charge in [0.2, 0.25) is 0 Å². The summed E-state index contributed by atoms with van der Waals surface area (Å²) in [4.78, 5) is 0.853. The van der Waals surface area contributed by atoms with Gasteiger partial charge < -0.3 is 0 Å². The minimum absolute atomic E-state index is 0.0237. The number of methoxy groups -OCH3 is 1. The van der Waals surface area contributed by atoms with Gasteiger partial charge in [-0.15, -0.1) is 0 Å². The van der Waals surface area contributed by atoms with Crippen LogP contribution in [0.5, 0.6) is 0 Å². The first-order valence-corrected chi connectivity index (χ1v) is 11.2. The Morgan fingerprint density at radius 3 is 2.32 bits per heavy atom. The number of sulfone groups is 1. The van der Waals surface area contributed by atoms with Crippen LogP contribution in [0.4, 0.5) is 0 Å². The van der Waals surface area contributed by atoms with Crippen LogP contribution in [-0.2, 0) is 14.6 Å². The van der Waals surface area contributed by atoms with Gasteiger partial charge in [0.25, 0.3) is 0 Å². The summed E-state index contributed by atoms with van der Waals surface area (Å²) in [6.07, 6.45) is 2.95. The van der Waals surface area contributed by atoms with Gasteiger partial charge in [0.15, 0.2) is 0 Å². The van der Waals surface area contributed by atoms with Crippen LogP contribution in [0.1, 0.15) is 18.4 Å². The third-order valence-corrected chi connectivity index (χ3v) is 8.74. The Bertz CT molecular complexity index is 911. The molecule has 5 heteroatoms. The van der Waals surface area contributed by atoms with Crippen LogP contribution in [0.2, 0.25) is 0 Å². The first-order valence-electron chi connectivity index (χ1n) is 8.00. The summed E-state index contributed by atoms with van der Waals surface area (Å²) < 4.78 is 34.0. The van der Waals surface area contributed by atoms with Crippen LogP contribution in [0, 0.1) is 6.92 Å². The standard InChI is InChI=1S/C20H20O3SSe/c1-15-8-11-17(12-9-15)24(21,22)19-14-16(23-2)10-13-20(19)25-18-6-4-3-5-7-18/h3-12H,13-14H2,1-2H3. The van der Waals surface area contributed by atoms with Gasteiger partial charge in [0.05, 0.1) is 0 Å². The van der Waals surface area contributed by atoms with Gasteiger partial charge in [-0.1, -0.05) is 0 Å². The Morgan fingerprint density at radius 1 is 1.00 bits per heavy atom.